The predicted octanol–water partition coefficient (Wildman–Crippen LogP) is 5.09. The molecule has 4 rings (SSSR count). The zero-order chi connectivity index (χ0) is 24.4. The number of amides is 1. The number of nitrogens with zero attached hydrogens (tertiary/aromatic N) is 2. The monoisotopic (exact) mass is 456 g/mol. The van der Waals surface area contributed by atoms with E-state index in [1.54, 1.807) is 24.3 Å². The number of para-hydroxylation sites is 1. The number of aryl methyl sites for hydroxylation is 1. The van der Waals surface area contributed by atoms with E-state index >= 15 is 0 Å². The number of Topliss-reactive ketones (excluding diaryl/α,β-unsaturated/α-hetero) is 1. The van der Waals surface area contributed by atoms with Crippen molar-refractivity contribution in [3.8, 4) is 5.75 Å². The van der Waals surface area contributed by atoms with Crippen LogP contribution in [0.1, 0.15) is 29.7 Å². The van der Waals surface area contributed by atoms with Gasteiger partial charge in [0.05, 0.1) is 18.2 Å². The highest BCUT2D eigenvalue weighted by atomic mass is 16.5. The van der Waals surface area contributed by atoms with E-state index in [1.165, 1.54) is 4.90 Å². The third-order valence-electron chi connectivity index (χ3n) is 5.98. The number of benzene rings is 3. The Labute approximate surface area is 199 Å². The predicted molar refractivity (Wildman–Crippen MR) is 134 cm³/mol. The van der Waals surface area contributed by atoms with Crippen LogP contribution in [-0.2, 0) is 9.59 Å². The minimum atomic E-state index is -0.760. The minimum absolute atomic E-state index is 0.0648. The van der Waals surface area contributed by atoms with Crippen molar-refractivity contribution in [2.45, 2.75) is 19.9 Å². The Morgan fingerprint density at radius 2 is 1.62 bits per heavy atom. The van der Waals surface area contributed by atoms with Crippen LogP contribution in [0.5, 0.6) is 5.75 Å². The van der Waals surface area contributed by atoms with Gasteiger partial charge >= 0.3 is 0 Å². The average Bonchev–Trinajstić information content (AvgIpc) is 3.10. The SMILES string of the molecule is CCOc1ccc(/C(O)=C2/C(=O)C(=O)N(c3ccccc3C)C2c2ccc(N(C)C)cc2)cc1. The van der Waals surface area contributed by atoms with Crippen LogP contribution in [0.3, 0.4) is 0 Å². The number of hydrogen-bond donors (Lipinski definition) is 1. The number of aliphatic hydroxyl groups is 1. The molecule has 0 aliphatic carbocycles. The molecule has 1 aliphatic heterocycles. The Morgan fingerprint density at radius 3 is 2.21 bits per heavy atom. The van der Waals surface area contributed by atoms with Crippen LogP contribution in [0.2, 0.25) is 0 Å². The van der Waals surface area contributed by atoms with Gasteiger partial charge in [0.25, 0.3) is 11.7 Å². The molecule has 0 radical (unpaired) electrons. The highest BCUT2D eigenvalue weighted by molar-refractivity contribution is 6.51. The van der Waals surface area contributed by atoms with Crippen molar-refractivity contribution in [2.75, 3.05) is 30.5 Å². The van der Waals surface area contributed by atoms with E-state index in [-0.39, 0.29) is 11.3 Å². The molecule has 1 fully saturated rings. The maximum absolute atomic E-state index is 13.3. The fourth-order valence-corrected chi connectivity index (χ4v) is 4.22. The second kappa shape index (κ2) is 9.43. The Hall–Kier alpha value is -4.06. The van der Waals surface area contributed by atoms with Crippen molar-refractivity contribution in [2.24, 2.45) is 0 Å². The molecule has 1 heterocycles. The molecule has 6 nitrogen and oxygen atoms in total. The minimum Gasteiger partial charge on any atom is -0.507 e. The summed E-state index contributed by atoms with van der Waals surface area (Å²) < 4.78 is 5.48. The topological polar surface area (TPSA) is 70.1 Å². The highest BCUT2D eigenvalue weighted by Crippen LogP contribution is 2.43. The van der Waals surface area contributed by atoms with Crippen molar-refractivity contribution in [1.82, 2.24) is 0 Å². The smallest absolute Gasteiger partial charge is 0.300 e. The lowest BCUT2D eigenvalue weighted by molar-refractivity contribution is -0.132. The van der Waals surface area contributed by atoms with Gasteiger partial charge in [-0.25, -0.2) is 0 Å². The quantitative estimate of drug-likeness (QED) is 0.318. The van der Waals surface area contributed by atoms with Crippen LogP contribution in [0.25, 0.3) is 5.76 Å². The molecule has 1 amide bonds. The summed E-state index contributed by atoms with van der Waals surface area (Å²) in [6.07, 6.45) is 0. The number of ether oxygens (including phenoxy) is 1. The van der Waals surface area contributed by atoms with Gasteiger partial charge in [0, 0.05) is 31.0 Å². The van der Waals surface area contributed by atoms with Crippen LogP contribution in [-0.4, -0.2) is 37.5 Å². The molecule has 174 valence electrons. The molecule has 1 atom stereocenters. The van der Waals surface area contributed by atoms with E-state index in [2.05, 4.69) is 0 Å². The molecule has 1 unspecified atom stereocenters. The lowest BCUT2D eigenvalue weighted by Crippen LogP contribution is -2.30. The van der Waals surface area contributed by atoms with Gasteiger partial charge < -0.3 is 14.7 Å². The fourth-order valence-electron chi connectivity index (χ4n) is 4.22. The normalized spacial score (nSPS) is 17.2. The van der Waals surface area contributed by atoms with E-state index in [0.29, 0.717) is 23.6 Å². The van der Waals surface area contributed by atoms with E-state index < -0.39 is 17.7 Å². The molecule has 1 saturated heterocycles. The number of rotatable bonds is 6. The van der Waals surface area contributed by atoms with E-state index in [0.717, 1.165) is 16.8 Å². The molecule has 3 aromatic rings. The molecule has 0 spiro atoms. The van der Waals surface area contributed by atoms with Gasteiger partial charge in [0.1, 0.15) is 11.5 Å². The Bertz CT molecular complexity index is 1240. The molecule has 34 heavy (non-hydrogen) atoms. The molecule has 6 heteroatoms. The summed E-state index contributed by atoms with van der Waals surface area (Å²) in [5.41, 5.74) is 3.73. The molecule has 0 bridgehead atoms. The number of anilines is 2. The van der Waals surface area contributed by atoms with Gasteiger partial charge in [-0.1, -0.05) is 30.3 Å². The Morgan fingerprint density at radius 1 is 0.971 bits per heavy atom. The second-order valence-electron chi connectivity index (χ2n) is 8.40. The molecule has 1 N–H and O–H groups in total. The maximum Gasteiger partial charge on any atom is 0.300 e. The van der Waals surface area contributed by atoms with Gasteiger partial charge in [0.2, 0.25) is 0 Å². The van der Waals surface area contributed by atoms with Gasteiger partial charge in [-0.05, 0) is 67.4 Å². The summed E-state index contributed by atoms with van der Waals surface area (Å²) in [5, 5.41) is 11.3. The van der Waals surface area contributed by atoms with Crippen molar-refractivity contribution < 1.29 is 19.4 Å². The van der Waals surface area contributed by atoms with Crippen molar-refractivity contribution >= 4 is 28.8 Å². The third kappa shape index (κ3) is 4.15. The first-order valence-corrected chi connectivity index (χ1v) is 11.2. The van der Waals surface area contributed by atoms with Crippen molar-refractivity contribution in [3.63, 3.8) is 0 Å². The summed E-state index contributed by atoms with van der Waals surface area (Å²) in [5.74, 6) is -0.922. The number of carbonyl (C=O) groups excluding carboxylic acids is 2. The standard InChI is InChI=1S/C28H28N2O4/c1-5-34-22-16-12-20(13-17-22)26(31)24-25(19-10-14-21(15-11-19)29(3)4)30(28(33)27(24)32)23-9-7-6-8-18(23)2/h6-17,25,31H,5H2,1-4H3/b26-24-. The van der Waals surface area contributed by atoms with E-state index in [4.69, 9.17) is 4.74 Å². The zero-order valence-electron chi connectivity index (χ0n) is 19.8. The molecule has 1 aliphatic rings. The van der Waals surface area contributed by atoms with Crippen molar-refractivity contribution in [1.29, 1.82) is 0 Å². The summed E-state index contributed by atoms with van der Waals surface area (Å²) >= 11 is 0. The van der Waals surface area contributed by atoms with Crippen LogP contribution >= 0.6 is 0 Å². The molecule has 0 aromatic heterocycles. The highest BCUT2D eigenvalue weighted by Gasteiger charge is 2.47. The third-order valence-corrected chi connectivity index (χ3v) is 5.98. The van der Waals surface area contributed by atoms with Gasteiger partial charge in [-0.2, -0.15) is 0 Å². The lowest BCUT2D eigenvalue weighted by atomic mass is 9.94. The van der Waals surface area contributed by atoms with E-state index in [1.807, 2.05) is 81.4 Å². The van der Waals surface area contributed by atoms with Crippen LogP contribution in [0.4, 0.5) is 11.4 Å². The molecular weight excluding hydrogens is 428 g/mol. The van der Waals surface area contributed by atoms with Crippen LogP contribution in [0, 0.1) is 6.92 Å². The summed E-state index contributed by atoms with van der Waals surface area (Å²) in [6, 6.07) is 21.2. The zero-order valence-corrected chi connectivity index (χ0v) is 19.8. The Kier molecular flexibility index (Phi) is 6.41. The van der Waals surface area contributed by atoms with Gasteiger partial charge in [-0.15, -0.1) is 0 Å². The van der Waals surface area contributed by atoms with Crippen LogP contribution < -0.4 is 14.5 Å². The summed E-state index contributed by atoms with van der Waals surface area (Å²) in [4.78, 5) is 30.1. The number of carbonyl (C=O) groups is 2. The second-order valence-corrected chi connectivity index (χ2v) is 8.40. The summed E-state index contributed by atoms with van der Waals surface area (Å²) in [6.45, 7) is 4.31. The first-order valence-electron chi connectivity index (χ1n) is 11.2. The number of ketones is 1. The van der Waals surface area contributed by atoms with Crippen molar-refractivity contribution in [3.05, 3.63) is 95.1 Å². The average molecular weight is 457 g/mol. The first kappa shape index (κ1) is 23.1. The van der Waals surface area contributed by atoms with E-state index in [9.17, 15) is 14.7 Å². The fraction of sp³-hybridized carbons (Fsp3) is 0.214. The van der Waals surface area contributed by atoms with Gasteiger partial charge in [0.15, 0.2) is 0 Å². The lowest BCUT2D eigenvalue weighted by Gasteiger charge is -2.27. The Balaban J connectivity index is 1.89. The maximum atomic E-state index is 13.3. The largest absolute Gasteiger partial charge is 0.507 e. The number of hydrogen-bond acceptors (Lipinski definition) is 5. The number of aliphatic hydroxyl groups excluding tert-OH is 1. The molecule has 0 saturated carbocycles. The molecular formula is C28H28N2O4. The van der Waals surface area contributed by atoms with Crippen LogP contribution in [0.15, 0.2) is 78.4 Å². The first-order chi connectivity index (χ1) is 16.3. The van der Waals surface area contributed by atoms with Gasteiger partial charge in [-0.3, -0.25) is 14.5 Å². The summed E-state index contributed by atoms with van der Waals surface area (Å²) in [7, 11) is 3.89. The molecule has 3 aromatic carbocycles.